The van der Waals surface area contributed by atoms with E-state index in [4.69, 9.17) is 14.2 Å². The van der Waals surface area contributed by atoms with Gasteiger partial charge in [0, 0.05) is 19.3 Å². The molecule has 0 aliphatic carbocycles. The van der Waals surface area contributed by atoms with Gasteiger partial charge in [0.25, 0.3) is 0 Å². The zero-order chi connectivity index (χ0) is 52.2. The summed E-state index contributed by atoms with van der Waals surface area (Å²) in [5.74, 6) is -1.02. The average Bonchev–Trinajstić information content (AvgIpc) is 3.38. The van der Waals surface area contributed by atoms with Crippen molar-refractivity contribution in [1.82, 2.24) is 0 Å². The highest BCUT2D eigenvalue weighted by atomic mass is 16.6. The van der Waals surface area contributed by atoms with Crippen molar-refractivity contribution in [2.45, 2.75) is 239 Å². The zero-order valence-corrected chi connectivity index (χ0v) is 46.1. The maximum absolute atomic E-state index is 12.9. The number of rotatable bonds is 50. The van der Waals surface area contributed by atoms with Gasteiger partial charge in [-0.2, -0.15) is 0 Å². The fourth-order valence-corrected chi connectivity index (χ4v) is 7.36. The molecule has 404 valence electrons. The second-order valence-electron chi connectivity index (χ2n) is 18.6. The largest absolute Gasteiger partial charge is 0.462 e. The summed E-state index contributed by atoms with van der Waals surface area (Å²) in [6, 6.07) is 0. The maximum Gasteiger partial charge on any atom is 0.306 e. The van der Waals surface area contributed by atoms with Gasteiger partial charge in [-0.3, -0.25) is 14.4 Å². The molecule has 0 saturated carbocycles. The molecule has 0 spiro atoms. The van der Waals surface area contributed by atoms with Crippen molar-refractivity contribution in [2.75, 3.05) is 13.2 Å². The molecule has 0 aliphatic heterocycles. The molecule has 6 heteroatoms. The number of hydrogen-bond donors (Lipinski definition) is 0. The first kappa shape index (κ1) is 67.3. The molecule has 1 atom stereocenters. The Morgan fingerprint density at radius 3 is 1.08 bits per heavy atom. The first-order valence-electron chi connectivity index (χ1n) is 28.9. The Labute approximate surface area is 442 Å². The number of ether oxygens (including phenoxy) is 3. The van der Waals surface area contributed by atoms with Gasteiger partial charge in [-0.05, 0) is 109 Å². The van der Waals surface area contributed by atoms with Crippen LogP contribution < -0.4 is 0 Å². The lowest BCUT2D eigenvalue weighted by Gasteiger charge is -2.18. The fourth-order valence-electron chi connectivity index (χ4n) is 7.36. The highest BCUT2D eigenvalue weighted by Gasteiger charge is 2.19. The van der Waals surface area contributed by atoms with Crippen molar-refractivity contribution in [2.24, 2.45) is 0 Å². The minimum atomic E-state index is -0.826. The first-order valence-corrected chi connectivity index (χ1v) is 28.9. The third-order valence-electron chi connectivity index (χ3n) is 11.7. The lowest BCUT2D eigenvalue weighted by Crippen LogP contribution is -2.30. The monoisotopic (exact) mass is 993 g/mol. The minimum absolute atomic E-state index is 0.118. The van der Waals surface area contributed by atoms with Crippen molar-refractivity contribution in [3.63, 3.8) is 0 Å². The van der Waals surface area contributed by atoms with Crippen molar-refractivity contribution in [3.05, 3.63) is 146 Å². The summed E-state index contributed by atoms with van der Waals surface area (Å²) in [5.41, 5.74) is 0. The molecule has 0 saturated heterocycles. The van der Waals surface area contributed by atoms with Crippen LogP contribution in [0.1, 0.15) is 233 Å². The lowest BCUT2D eigenvalue weighted by atomic mass is 10.1. The number of esters is 3. The summed E-state index contributed by atoms with van der Waals surface area (Å²) in [7, 11) is 0. The van der Waals surface area contributed by atoms with Crippen LogP contribution in [0.25, 0.3) is 0 Å². The second kappa shape index (κ2) is 58.9. The highest BCUT2D eigenvalue weighted by Crippen LogP contribution is 2.13. The third-order valence-corrected chi connectivity index (χ3v) is 11.7. The van der Waals surface area contributed by atoms with Gasteiger partial charge in [0.05, 0.1) is 0 Å². The van der Waals surface area contributed by atoms with E-state index < -0.39 is 6.10 Å². The number of allylic oxidation sites excluding steroid dienone is 24. The van der Waals surface area contributed by atoms with Crippen molar-refractivity contribution < 1.29 is 28.6 Å². The van der Waals surface area contributed by atoms with Crippen molar-refractivity contribution in [3.8, 4) is 0 Å². The topological polar surface area (TPSA) is 78.9 Å². The molecule has 6 nitrogen and oxygen atoms in total. The standard InChI is InChI=1S/C66H104O6/c1-4-7-10-13-16-19-22-25-28-31-33-36-38-41-44-47-50-53-56-59-65(68)71-62-63(61-70-64(67)58-55-52-49-46-43-40-37-34-30-27-24-21-18-15-12-9-6-3)72-66(69)60-57-54-51-48-45-42-39-35-32-29-26-23-20-17-14-11-8-5-2/h7,10-11,14,16-17,19-20,23,25-30,32-33,35-37,39-40,46,49,63H,4-6,8-9,12-13,15,18,21-22,24,31,34,38,41-45,47-48,50-62H2,1-3H3/b10-7-,14-11-,19-16-,20-17-,26-23-,28-25-,30-27-,32-29-,36-33-,39-35-,40-37-,49-46-. The van der Waals surface area contributed by atoms with E-state index in [1.165, 1.54) is 64.2 Å². The van der Waals surface area contributed by atoms with Crippen LogP contribution in [0.2, 0.25) is 0 Å². The molecule has 1 unspecified atom stereocenters. The molecule has 0 fully saturated rings. The van der Waals surface area contributed by atoms with Gasteiger partial charge in [-0.25, -0.2) is 0 Å². The molecule has 0 rings (SSSR count). The summed E-state index contributed by atoms with van der Waals surface area (Å²) in [6.07, 6.45) is 84.0. The number of unbranched alkanes of at least 4 members (excludes halogenated alkanes) is 19. The van der Waals surface area contributed by atoms with Gasteiger partial charge in [-0.1, -0.05) is 250 Å². The number of carbonyl (C=O) groups is 3. The van der Waals surface area contributed by atoms with Gasteiger partial charge < -0.3 is 14.2 Å². The molecule has 72 heavy (non-hydrogen) atoms. The molecule has 0 N–H and O–H groups in total. The predicted molar refractivity (Wildman–Crippen MR) is 311 cm³/mol. The van der Waals surface area contributed by atoms with Crippen LogP contribution in [0.15, 0.2) is 146 Å². The summed E-state index contributed by atoms with van der Waals surface area (Å²) in [4.78, 5) is 38.2. The maximum atomic E-state index is 12.9. The number of carbonyl (C=O) groups excluding carboxylic acids is 3. The van der Waals surface area contributed by atoms with Gasteiger partial charge >= 0.3 is 17.9 Å². The van der Waals surface area contributed by atoms with Crippen LogP contribution in [-0.4, -0.2) is 37.2 Å². The van der Waals surface area contributed by atoms with Crippen LogP contribution in [-0.2, 0) is 28.6 Å². The Balaban J connectivity index is 4.57. The van der Waals surface area contributed by atoms with E-state index in [9.17, 15) is 14.4 Å². The molecule has 0 aliphatic rings. The summed E-state index contributed by atoms with van der Waals surface area (Å²) >= 11 is 0. The highest BCUT2D eigenvalue weighted by molar-refractivity contribution is 5.71. The normalized spacial score (nSPS) is 13.2. The second-order valence-corrected chi connectivity index (χ2v) is 18.6. The molecule has 0 aromatic rings. The molecule has 0 aromatic carbocycles. The zero-order valence-electron chi connectivity index (χ0n) is 46.1. The minimum Gasteiger partial charge on any atom is -0.462 e. The predicted octanol–water partition coefficient (Wildman–Crippen LogP) is 19.6. The first-order chi connectivity index (χ1) is 35.5. The summed E-state index contributed by atoms with van der Waals surface area (Å²) < 4.78 is 16.8. The lowest BCUT2D eigenvalue weighted by molar-refractivity contribution is -0.167. The Kier molecular flexibility index (Phi) is 55.0. The quantitative estimate of drug-likeness (QED) is 0.0199. The van der Waals surface area contributed by atoms with E-state index >= 15 is 0 Å². The number of hydrogen-bond acceptors (Lipinski definition) is 6. The van der Waals surface area contributed by atoms with E-state index in [2.05, 4.69) is 130 Å². The van der Waals surface area contributed by atoms with Gasteiger partial charge in [-0.15, -0.1) is 0 Å². The molecule has 0 aromatic heterocycles. The van der Waals surface area contributed by atoms with Gasteiger partial charge in [0.2, 0.25) is 0 Å². The Morgan fingerprint density at radius 2 is 0.639 bits per heavy atom. The fraction of sp³-hybridized carbons (Fsp3) is 0.591. The summed E-state index contributed by atoms with van der Waals surface area (Å²) in [5, 5.41) is 0. The van der Waals surface area contributed by atoms with Crippen LogP contribution in [0, 0.1) is 0 Å². The molecule has 0 radical (unpaired) electrons. The van der Waals surface area contributed by atoms with E-state index in [1.54, 1.807) is 0 Å². The van der Waals surface area contributed by atoms with E-state index in [0.29, 0.717) is 12.8 Å². The van der Waals surface area contributed by atoms with Gasteiger partial charge in [0.1, 0.15) is 13.2 Å². The molecule has 0 amide bonds. The van der Waals surface area contributed by atoms with Crippen molar-refractivity contribution in [1.29, 1.82) is 0 Å². The third kappa shape index (κ3) is 56.2. The molecule has 0 bridgehead atoms. The molecular formula is C66H104O6. The Bertz CT molecular complexity index is 1610. The van der Waals surface area contributed by atoms with E-state index in [0.717, 1.165) is 122 Å². The van der Waals surface area contributed by atoms with Crippen LogP contribution in [0.5, 0.6) is 0 Å². The van der Waals surface area contributed by atoms with Crippen molar-refractivity contribution >= 4 is 17.9 Å². The van der Waals surface area contributed by atoms with Gasteiger partial charge in [0.15, 0.2) is 6.10 Å². The van der Waals surface area contributed by atoms with Crippen LogP contribution in [0.3, 0.4) is 0 Å². The summed E-state index contributed by atoms with van der Waals surface area (Å²) in [6.45, 7) is 6.34. The van der Waals surface area contributed by atoms with E-state index in [-0.39, 0.29) is 44.0 Å². The van der Waals surface area contributed by atoms with Crippen LogP contribution in [0.4, 0.5) is 0 Å². The van der Waals surface area contributed by atoms with E-state index in [1.807, 2.05) is 36.5 Å². The average molecular weight is 994 g/mol. The van der Waals surface area contributed by atoms with Crippen LogP contribution >= 0.6 is 0 Å². The molecular weight excluding hydrogens is 889 g/mol. The SMILES string of the molecule is CC/C=C\C/C=C\C/C=C\C/C=C\CCCCCCCCC(=O)OCC(COC(=O)CCC/C=C\C/C=C\C/C=C\CCCCCCCC)OC(=O)CCCCCCC\C=C/C=C\C=C/C=C\C=C/CCC. The smallest absolute Gasteiger partial charge is 0.306 e. The Hall–Kier alpha value is -4.71. The molecule has 0 heterocycles. The Morgan fingerprint density at radius 1 is 0.306 bits per heavy atom.